The van der Waals surface area contributed by atoms with Gasteiger partial charge in [0, 0.05) is 61.2 Å². The number of ketones is 1. The molecule has 0 amide bonds. The Morgan fingerprint density at radius 1 is 1.00 bits per heavy atom. The van der Waals surface area contributed by atoms with E-state index in [9.17, 15) is 9.90 Å². The predicted molar refractivity (Wildman–Crippen MR) is 143 cm³/mol. The van der Waals surface area contributed by atoms with Gasteiger partial charge in [0.25, 0.3) is 0 Å². The predicted octanol–water partition coefficient (Wildman–Crippen LogP) is 3.13. The minimum Gasteiger partial charge on any atom is -0.455 e. The Hall–Kier alpha value is -1.32. The van der Waals surface area contributed by atoms with E-state index in [1.807, 2.05) is 12.1 Å². The van der Waals surface area contributed by atoms with Crippen LogP contribution < -0.4 is 4.99 Å². The van der Waals surface area contributed by atoms with Crippen molar-refractivity contribution < 1.29 is 20.4 Å². The number of aliphatic hydroxyl groups is 1. The molecule has 0 atom stereocenters. The van der Waals surface area contributed by atoms with Gasteiger partial charge < -0.3 is 15.5 Å². The highest BCUT2D eigenvalue weighted by atomic mass is 35.5. The number of carbonyl (C=O) groups is 1. The van der Waals surface area contributed by atoms with Gasteiger partial charge >= 0.3 is 5.23 Å². The Balaban J connectivity index is 0.00000341. The molecule has 0 saturated carbocycles. The second-order valence-corrected chi connectivity index (χ2v) is 9.03. The number of halogens is 3. The fraction of sp³-hybridized carbons (Fsp3) is 0.391. The fourth-order valence-corrected chi connectivity index (χ4v) is 4.21. The summed E-state index contributed by atoms with van der Waals surface area (Å²) in [5.74, 6) is 0.893. The van der Waals surface area contributed by atoms with Crippen molar-refractivity contribution in [3.8, 4) is 0 Å². The number of nitrogens with zero attached hydrogens (tertiary/aromatic N) is 2. The van der Waals surface area contributed by atoms with Crippen molar-refractivity contribution in [2.45, 2.75) is 19.9 Å². The summed E-state index contributed by atoms with van der Waals surface area (Å²) < 4.78 is 0. The summed E-state index contributed by atoms with van der Waals surface area (Å²) in [6.45, 7) is 7.87. The van der Waals surface area contributed by atoms with Crippen LogP contribution in [0.1, 0.15) is 29.3 Å². The van der Waals surface area contributed by atoms with E-state index in [2.05, 4.69) is 26.9 Å². The van der Waals surface area contributed by atoms with Crippen LogP contribution in [0.3, 0.4) is 0 Å². The van der Waals surface area contributed by atoms with Gasteiger partial charge in [-0.3, -0.25) is 9.69 Å². The van der Waals surface area contributed by atoms with Gasteiger partial charge in [0.15, 0.2) is 5.78 Å². The quantitative estimate of drug-likeness (QED) is 0.234. The molecule has 0 spiro atoms. The third-order valence-corrected chi connectivity index (χ3v) is 6.30. The molecule has 0 radical (unpaired) electrons. The molecule has 4 N–H and O–H groups in total. The maximum Gasteiger partial charge on any atom is 0.402 e. The minimum atomic E-state index is 0. The Morgan fingerprint density at radius 2 is 1.58 bits per heavy atom. The van der Waals surface area contributed by atoms with Gasteiger partial charge in [0.2, 0.25) is 5.69 Å². The highest BCUT2D eigenvalue weighted by Crippen LogP contribution is 2.13. The third-order valence-electron chi connectivity index (χ3n) is 5.18. The highest BCUT2D eigenvalue weighted by Gasteiger charge is 2.17. The molecule has 1 heterocycles. The zero-order valence-corrected chi connectivity index (χ0v) is 21.8. The largest absolute Gasteiger partial charge is 0.455 e. The number of benzene rings is 2. The van der Waals surface area contributed by atoms with Crippen LogP contribution in [0.25, 0.3) is 0 Å². The second kappa shape index (κ2) is 16.3. The molecule has 1 aliphatic rings. The number of rotatable bonds is 8. The molecule has 1 fully saturated rings. The summed E-state index contributed by atoms with van der Waals surface area (Å²) in [6, 6.07) is 15.2. The molecule has 0 aliphatic carbocycles. The lowest BCUT2D eigenvalue weighted by Crippen LogP contribution is -2.65. The lowest BCUT2D eigenvalue weighted by Gasteiger charge is -2.34. The summed E-state index contributed by atoms with van der Waals surface area (Å²) in [7, 11) is 0. The fourth-order valence-electron chi connectivity index (χ4n) is 3.42. The van der Waals surface area contributed by atoms with Gasteiger partial charge in [-0.05, 0) is 61.5 Å². The molecule has 184 valence electrons. The summed E-state index contributed by atoms with van der Waals surface area (Å²) in [5.41, 5.74) is 2.75. The first-order chi connectivity index (χ1) is 14.5. The minimum absolute atomic E-state index is 0. The van der Waals surface area contributed by atoms with E-state index < -0.39 is 0 Å². The first-order valence-electron chi connectivity index (χ1n) is 10.3. The lowest BCUT2D eigenvalue weighted by molar-refractivity contribution is -0.360. The van der Waals surface area contributed by atoms with Crippen LogP contribution in [0.4, 0.5) is 5.69 Å². The average molecular weight is 538 g/mol. The van der Waals surface area contributed by atoms with E-state index in [4.69, 9.17) is 11.6 Å². The summed E-state index contributed by atoms with van der Waals surface area (Å²) in [4.78, 5) is 19.3. The van der Waals surface area contributed by atoms with E-state index in [0.717, 1.165) is 62.2 Å². The summed E-state index contributed by atoms with van der Waals surface area (Å²) >= 11 is 7.38. The lowest BCUT2D eigenvalue weighted by atomic mass is 10.1. The Kier molecular flexibility index (Phi) is 15.7. The number of thioether (sulfide) groups is 1. The number of nitrogens with one attached hydrogen (secondary N) is 1. The Morgan fingerprint density at radius 3 is 2.15 bits per heavy atom. The normalized spacial score (nSPS) is 14.5. The summed E-state index contributed by atoms with van der Waals surface area (Å²) in [6.07, 6.45) is 1.02. The van der Waals surface area contributed by atoms with Crippen molar-refractivity contribution in [1.82, 2.24) is 9.80 Å². The standard InChI is InChI=1S/C23H28ClN3O2S.2ClH.H2O/c1-18(28)20-5-9-22(10-6-20)25-23(29)30-16-2-11-26-12-14-27(15-13-26)17-19-3-7-21(24)8-4-19;;;/h3-10H,2,11-17H2,1H3,(H,25,29);2*1H;1H2/p+1. The number of aliphatic hydroxyl groups excluding tert-OH is 1. The molecule has 0 bridgehead atoms. The van der Waals surface area contributed by atoms with Crippen molar-refractivity contribution in [3.63, 3.8) is 0 Å². The number of carbonyl (C=O) groups excluding carboxylic acids is 1. The zero-order chi connectivity index (χ0) is 21.3. The first kappa shape index (κ1) is 31.7. The van der Waals surface area contributed by atoms with Crippen molar-refractivity contribution in [3.05, 3.63) is 64.7 Å². The van der Waals surface area contributed by atoms with Crippen LogP contribution in [-0.4, -0.2) is 69.9 Å². The molecule has 2 aromatic rings. The number of Topliss-reactive ketones (excluding diaryl/α,β-unsaturated/α-hetero) is 1. The van der Waals surface area contributed by atoms with E-state index in [-0.39, 0.29) is 41.3 Å². The van der Waals surface area contributed by atoms with Gasteiger partial charge in [-0.1, -0.05) is 23.7 Å². The topological polar surface area (TPSA) is 89.2 Å². The van der Waals surface area contributed by atoms with Gasteiger partial charge in [-0.25, -0.2) is 0 Å². The van der Waals surface area contributed by atoms with Crippen LogP contribution in [0.2, 0.25) is 5.02 Å². The highest BCUT2D eigenvalue weighted by molar-refractivity contribution is 8.13. The molecule has 6 nitrogen and oxygen atoms in total. The van der Waals surface area contributed by atoms with Gasteiger partial charge in [-0.15, -0.1) is 24.8 Å². The van der Waals surface area contributed by atoms with Crippen LogP contribution in [0.5, 0.6) is 0 Å². The van der Waals surface area contributed by atoms with E-state index in [1.54, 1.807) is 31.2 Å². The Labute approximate surface area is 217 Å². The number of piperazine rings is 1. The molecule has 0 unspecified atom stereocenters. The Bertz CT molecular complexity index is 860. The maximum atomic E-state index is 11.3. The molecular weight excluding hydrogens is 505 g/mol. The molecule has 3 rings (SSSR count). The second-order valence-electron chi connectivity index (χ2n) is 7.51. The van der Waals surface area contributed by atoms with Crippen LogP contribution in [-0.2, 0) is 6.54 Å². The smallest absolute Gasteiger partial charge is 0.402 e. The SMILES string of the molecule is CC(=O)c1ccc([NH+]=C(O)SCCCN2CCN(Cc3ccc(Cl)cc3)CC2)cc1.Cl.Cl.O. The van der Waals surface area contributed by atoms with Gasteiger partial charge in [0.05, 0.1) is 0 Å². The molecule has 2 aromatic carbocycles. The molecule has 33 heavy (non-hydrogen) atoms. The van der Waals surface area contributed by atoms with Gasteiger partial charge in [-0.2, -0.15) is 4.99 Å². The zero-order valence-electron chi connectivity index (χ0n) is 18.6. The van der Waals surface area contributed by atoms with Crippen LogP contribution >= 0.6 is 48.2 Å². The van der Waals surface area contributed by atoms with E-state index in [1.165, 1.54) is 17.3 Å². The van der Waals surface area contributed by atoms with Crippen molar-refractivity contribution in [1.29, 1.82) is 0 Å². The van der Waals surface area contributed by atoms with E-state index >= 15 is 0 Å². The van der Waals surface area contributed by atoms with Crippen molar-refractivity contribution in [2.75, 3.05) is 38.5 Å². The molecule has 0 aromatic heterocycles. The van der Waals surface area contributed by atoms with Crippen molar-refractivity contribution >= 4 is 64.9 Å². The first-order valence-corrected chi connectivity index (χ1v) is 11.6. The van der Waals surface area contributed by atoms with Gasteiger partial charge in [0.1, 0.15) is 0 Å². The average Bonchev–Trinajstić information content (AvgIpc) is 2.74. The molecular formula is C23H33Cl3N3O3S+. The number of hydrogen-bond acceptors (Lipinski definition) is 4. The van der Waals surface area contributed by atoms with E-state index in [0.29, 0.717) is 5.56 Å². The molecule has 10 heteroatoms. The molecule has 1 saturated heterocycles. The molecule has 1 aliphatic heterocycles. The monoisotopic (exact) mass is 536 g/mol. The third kappa shape index (κ3) is 11.1. The van der Waals surface area contributed by atoms with Crippen molar-refractivity contribution in [2.24, 2.45) is 0 Å². The maximum absolute atomic E-state index is 11.3. The van der Waals surface area contributed by atoms with Crippen LogP contribution in [0, 0.1) is 0 Å². The summed E-state index contributed by atoms with van der Waals surface area (Å²) in [5, 5.41) is 11.1. The van der Waals surface area contributed by atoms with Crippen LogP contribution in [0.15, 0.2) is 48.5 Å². The number of hydrogen-bond donors (Lipinski definition) is 2.